The molecule has 3 aromatic rings. The van der Waals surface area contributed by atoms with E-state index in [4.69, 9.17) is 4.74 Å². The van der Waals surface area contributed by atoms with Gasteiger partial charge in [-0.25, -0.2) is 0 Å². The topological polar surface area (TPSA) is 87.8 Å². The summed E-state index contributed by atoms with van der Waals surface area (Å²) in [6, 6.07) is 7.53. The number of hydrogen-bond acceptors (Lipinski definition) is 7. The summed E-state index contributed by atoms with van der Waals surface area (Å²) < 4.78 is 7.88. The summed E-state index contributed by atoms with van der Waals surface area (Å²) in [4.78, 5) is 11.6. The molecule has 0 unspecified atom stereocenters. The fraction of sp³-hybridized carbons (Fsp3) is 0.476. The number of likely N-dealkylation sites (tertiary alicyclic amines) is 1. The van der Waals surface area contributed by atoms with E-state index in [-0.39, 0.29) is 17.8 Å². The van der Waals surface area contributed by atoms with Crippen LogP contribution < -0.4 is 10.1 Å². The van der Waals surface area contributed by atoms with Crippen molar-refractivity contribution in [3.05, 3.63) is 41.6 Å². The van der Waals surface area contributed by atoms with Crippen molar-refractivity contribution in [3.63, 3.8) is 0 Å². The number of hydrogen-bond donors (Lipinski definition) is 2. The molecule has 8 heteroatoms. The first-order valence-electron chi connectivity index (χ1n) is 10.1. The Labute approximate surface area is 170 Å². The maximum absolute atomic E-state index is 9.70. The van der Waals surface area contributed by atoms with Crippen LogP contribution in [0.1, 0.15) is 43.7 Å². The average molecular weight is 396 g/mol. The molecule has 0 amide bonds. The molecule has 0 bridgehead atoms. The summed E-state index contributed by atoms with van der Waals surface area (Å²) in [6.07, 6.45) is 3.90. The van der Waals surface area contributed by atoms with Gasteiger partial charge in [-0.2, -0.15) is 19.6 Å². The predicted octanol–water partition coefficient (Wildman–Crippen LogP) is 3.04. The molecule has 2 aromatic heterocycles. The highest BCUT2D eigenvalue weighted by Gasteiger charge is 2.21. The van der Waals surface area contributed by atoms with Crippen LogP contribution in [-0.4, -0.2) is 55.8 Å². The van der Waals surface area contributed by atoms with E-state index in [0.717, 1.165) is 42.7 Å². The number of fused-ring (bicyclic) bond motifs is 1. The van der Waals surface area contributed by atoms with Crippen molar-refractivity contribution in [2.24, 2.45) is 0 Å². The van der Waals surface area contributed by atoms with Gasteiger partial charge >= 0.3 is 6.01 Å². The smallest absolute Gasteiger partial charge is 0.322 e. The third kappa shape index (κ3) is 4.42. The van der Waals surface area contributed by atoms with E-state index in [1.165, 1.54) is 0 Å². The van der Waals surface area contributed by atoms with Gasteiger partial charge in [0, 0.05) is 25.2 Å². The molecular weight excluding hydrogens is 368 g/mol. The van der Waals surface area contributed by atoms with Crippen LogP contribution in [0.4, 0.5) is 5.95 Å². The number of nitrogens with one attached hydrogen (secondary N) is 1. The van der Waals surface area contributed by atoms with Gasteiger partial charge in [-0.15, -0.1) is 0 Å². The lowest BCUT2D eigenvalue weighted by molar-refractivity contribution is 0.105. The number of aromatic nitrogens is 4. The number of ether oxygens (including phenoxy) is 1. The molecule has 1 saturated heterocycles. The monoisotopic (exact) mass is 396 g/mol. The summed E-state index contributed by atoms with van der Waals surface area (Å²) in [5.74, 6) is 1.11. The molecule has 3 heterocycles. The summed E-state index contributed by atoms with van der Waals surface area (Å²) in [5.41, 5.74) is 2.77. The Hall–Kier alpha value is -2.87. The van der Waals surface area contributed by atoms with E-state index in [9.17, 15) is 5.11 Å². The van der Waals surface area contributed by atoms with Crippen molar-refractivity contribution in [1.82, 2.24) is 24.5 Å². The molecule has 2 N–H and O–H groups in total. The van der Waals surface area contributed by atoms with Crippen LogP contribution in [0.3, 0.4) is 0 Å². The highest BCUT2D eigenvalue weighted by molar-refractivity contribution is 5.53. The maximum Gasteiger partial charge on any atom is 0.322 e. The van der Waals surface area contributed by atoms with Crippen LogP contribution in [0.5, 0.6) is 11.8 Å². The first-order valence-corrected chi connectivity index (χ1v) is 10.1. The lowest BCUT2D eigenvalue weighted by Crippen LogP contribution is -2.36. The minimum atomic E-state index is 0.123. The SMILES string of the molecule is CC(C)c1cnn2c(NCc3cccc(O)c3)nc(OC3CCN(C)CC3)nc12. The summed E-state index contributed by atoms with van der Waals surface area (Å²) in [6.45, 7) is 6.77. The minimum Gasteiger partial charge on any atom is -0.508 e. The zero-order chi connectivity index (χ0) is 20.4. The summed E-state index contributed by atoms with van der Waals surface area (Å²) in [7, 11) is 2.13. The van der Waals surface area contributed by atoms with Crippen molar-refractivity contribution < 1.29 is 9.84 Å². The Morgan fingerprint density at radius 1 is 1.24 bits per heavy atom. The Bertz CT molecular complexity index is 978. The fourth-order valence-electron chi connectivity index (χ4n) is 3.55. The molecule has 1 aliphatic heterocycles. The highest BCUT2D eigenvalue weighted by atomic mass is 16.5. The van der Waals surface area contributed by atoms with Crippen molar-refractivity contribution >= 4 is 11.6 Å². The molecule has 0 saturated carbocycles. The van der Waals surface area contributed by atoms with E-state index in [0.29, 0.717) is 18.5 Å². The quantitative estimate of drug-likeness (QED) is 0.662. The minimum absolute atomic E-state index is 0.123. The van der Waals surface area contributed by atoms with Gasteiger partial charge < -0.3 is 20.1 Å². The molecule has 0 atom stereocenters. The second-order valence-corrected chi connectivity index (χ2v) is 7.96. The van der Waals surface area contributed by atoms with Gasteiger partial charge in [-0.3, -0.25) is 0 Å². The van der Waals surface area contributed by atoms with Crippen LogP contribution in [0, 0.1) is 0 Å². The van der Waals surface area contributed by atoms with E-state index >= 15 is 0 Å². The standard InChI is InChI=1S/C21H28N6O2/c1-14(2)18-13-23-27-19(18)24-21(29-17-7-9-26(3)10-8-17)25-20(27)22-12-15-5-4-6-16(28)11-15/h4-6,11,13-14,17,28H,7-10,12H2,1-3H3,(H,22,24,25). The molecule has 29 heavy (non-hydrogen) atoms. The number of aromatic hydroxyl groups is 1. The second-order valence-electron chi connectivity index (χ2n) is 7.96. The van der Waals surface area contributed by atoms with Crippen LogP contribution in [0.15, 0.2) is 30.5 Å². The van der Waals surface area contributed by atoms with Gasteiger partial charge in [-0.05, 0) is 43.5 Å². The first-order chi connectivity index (χ1) is 14.0. The van der Waals surface area contributed by atoms with Gasteiger partial charge in [0.05, 0.1) is 6.20 Å². The van der Waals surface area contributed by atoms with Gasteiger partial charge in [0.2, 0.25) is 5.95 Å². The Kier molecular flexibility index (Phi) is 5.53. The number of rotatable bonds is 6. The number of phenolic OH excluding ortho intramolecular Hbond substituents is 1. The second kappa shape index (κ2) is 8.24. The molecule has 1 aliphatic rings. The summed E-state index contributed by atoms with van der Waals surface area (Å²) >= 11 is 0. The van der Waals surface area contributed by atoms with Gasteiger partial charge in [0.1, 0.15) is 11.9 Å². The average Bonchev–Trinajstić information content (AvgIpc) is 3.12. The zero-order valence-corrected chi connectivity index (χ0v) is 17.2. The number of nitrogens with zero attached hydrogens (tertiary/aromatic N) is 5. The molecule has 0 spiro atoms. The van der Waals surface area contributed by atoms with Crippen molar-refractivity contribution in [3.8, 4) is 11.8 Å². The Balaban J connectivity index is 1.62. The molecule has 0 aliphatic carbocycles. The number of piperidine rings is 1. The van der Waals surface area contributed by atoms with Crippen LogP contribution in [-0.2, 0) is 6.54 Å². The number of phenols is 1. The predicted molar refractivity (Wildman–Crippen MR) is 111 cm³/mol. The van der Waals surface area contributed by atoms with E-state index in [2.05, 4.69) is 46.2 Å². The van der Waals surface area contributed by atoms with Crippen molar-refractivity contribution in [1.29, 1.82) is 0 Å². The Morgan fingerprint density at radius 2 is 2.03 bits per heavy atom. The van der Waals surface area contributed by atoms with Crippen LogP contribution in [0.25, 0.3) is 5.65 Å². The molecule has 8 nitrogen and oxygen atoms in total. The normalized spacial score (nSPS) is 15.9. The van der Waals surface area contributed by atoms with E-state index in [1.54, 1.807) is 16.6 Å². The van der Waals surface area contributed by atoms with E-state index < -0.39 is 0 Å². The van der Waals surface area contributed by atoms with Gasteiger partial charge in [0.15, 0.2) is 5.65 Å². The largest absolute Gasteiger partial charge is 0.508 e. The van der Waals surface area contributed by atoms with E-state index in [1.807, 2.05) is 18.3 Å². The fourth-order valence-corrected chi connectivity index (χ4v) is 3.55. The molecular formula is C21H28N6O2. The lowest BCUT2D eigenvalue weighted by Gasteiger charge is -2.28. The Morgan fingerprint density at radius 3 is 2.76 bits per heavy atom. The van der Waals surface area contributed by atoms with Crippen molar-refractivity contribution in [2.45, 2.75) is 45.3 Å². The third-order valence-corrected chi connectivity index (χ3v) is 5.30. The maximum atomic E-state index is 9.70. The first kappa shape index (κ1) is 19.4. The number of benzene rings is 1. The third-order valence-electron chi connectivity index (χ3n) is 5.30. The molecule has 154 valence electrons. The van der Waals surface area contributed by atoms with Crippen molar-refractivity contribution in [2.75, 3.05) is 25.5 Å². The van der Waals surface area contributed by atoms with Crippen LogP contribution in [0.2, 0.25) is 0 Å². The molecule has 4 rings (SSSR count). The lowest BCUT2D eigenvalue weighted by atomic mass is 10.1. The zero-order valence-electron chi connectivity index (χ0n) is 17.2. The molecule has 1 fully saturated rings. The van der Waals surface area contributed by atoms with Crippen LogP contribution >= 0.6 is 0 Å². The molecule has 0 radical (unpaired) electrons. The summed E-state index contributed by atoms with van der Waals surface area (Å²) in [5, 5.41) is 17.5. The number of anilines is 1. The highest BCUT2D eigenvalue weighted by Crippen LogP contribution is 2.24. The molecule has 1 aromatic carbocycles. The van der Waals surface area contributed by atoms with Gasteiger partial charge in [-0.1, -0.05) is 26.0 Å². The van der Waals surface area contributed by atoms with Gasteiger partial charge in [0.25, 0.3) is 0 Å².